The van der Waals surface area contributed by atoms with E-state index in [1.165, 1.54) is 16.7 Å². The molecule has 0 amide bonds. The normalized spacial score (nSPS) is 18.5. The van der Waals surface area contributed by atoms with Gasteiger partial charge in [-0.2, -0.15) is 0 Å². The minimum atomic E-state index is 0.228. The fraction of sp³-hybridized carbons (Fsp3) is 0.429. The largest absolute Gasteiger partial charge is 0.491 e. The Labute approximate surface area is 145 Å². The topological polar surface area (TPSA) is 30.5 Å². The minimum absolute atomic E-state index is 0.228. The molecule has 1 N–H and O–H groups in total. The average molecular weight is 325 g/mol. The van der Waals surface area contributed by atoms with Gasteiger partial charge in [-0.1, -0.05) is 48.0 Å². The second-order valence-electron chi connectivity index (χ2n) is 6.58. The molecule has 3 nitrogen and oxygen atoms in total. The maximum absolute atomic E-state index is 6.05. The van der Waals surface area contributed by atoms with Gasteiger partial charge < -0.3 is 14.8 Å². The van der Waals surface area contributed by atoms with Gasteiger partial charge in [0.15, 0.2) is 0 Å². The van der Waals surface area contributed by atoms with Crippen molar-refractivity contribution in [2.75, 3.05) is 13.2 Å². The second-order valence-corrected chi connectivity index (χ2v) is 6.58. The fourth-order valence-electron chi connectivity index (χ4n) is 3.13. The minimum Gasteiger partial charge on any atom is -0.491 e. The number of ether oxygens (including phenoxy) is 2. The molecule has 0 aromatic heterocycles. The van der Waals surface area contributed by atoms with Gasteiger partial charge in [-0.05, 0) is 38.3 Å². The Morgan fingerprint density at radius 1 is 1.21 bits per heavy atom. The first-order valence-corrected chi connectivity index (χ1v) is 8.84. The third-order valence-corrected chi connectivity index (χ3v) is 4.53. The van der Waals surface area contributed by atoms with Crippen LogP contribution in [0.3, 0.4) is 0 Å². The van der Waals surface area contributed by atoms with E-state index < -0.39 is 0 Å². The first-order valence-electron chi connectivity index (χ1n) is 8.84. The summed E-state index contributed by atoms with van der Waals surface area (Å²) in [5, 5.41) is 3.60. The Kier molecular flexibility index (Phi) is 5.89. The van der Waals surface area contributed by atoms with Gasteiger partial charge in [-0.25, -0.2) is 0 Å². The van der Waals surface area contributed by atoms with Crippen LogP contribution in [0.4, 0.5) is 0 Å². The van der Waals surface area contributed by atoms with Crippen LogP contribution < -0.4 is 10.1 Å². The summed E-state index contributed by atoms with van der Waals surface area (Å²) in [6, 6.07) is 17.1. The SMILES string of the molecule is Cc1cccc(CNC(C)c2ccccc2OCC2CCCO2)c1. The zero-order valence-electron chi connectivity index (χ0n) is 14.6. The Morgan fingerprint density at radius 3 is 2.88 bits per heavy atom. The molecule has 0 spiro atoms. The lowest BCUT2D eigenvalue weighted by Crippen LogP contribution is -2.21. The second kappa shape index (κ2) is 8.32. The van der Waals surface area contributed by atoms with Gasteiger partial charge in [0.25, 0.3) is 0 Å². The maximum atomic E-state index is 6.05. The van der Waals surface area contributed by atoms with Gasteiger partial charge in [-0.3, -0.25) is 0 Å². The van der Waals surface area contributed by atoms with Crippen LogP contribution in [0.15, 0.2) is 48.5 Å². The van der Waals surface area contributed by atoms with Crippen LogP contribution in [0.1, 0.15) is 42.5 Å². The summed E-state index contributed by atoms with van der Waals surface area (Å²) in [4.78, 5) is 0. The number of nitrogens with one attached hydrogen (secondary N) is 1. The number of aryl methyl sites for hydroxylation is 1. The van der Waals surface area contributed by atoms with E-state index in [4.69, 9.17) is 9.47 Å². The number of rotatable bonds is 7. The van der Waals surface area contributed by atoms with E-state index in [2.05, 4.69) is 61.6 Å². The van der Waals surface area contributed by atoms with Crippen LogP contribution in [0.5, 0.6) is 5.75 Å². The molecule has 1 saturated heterocycles. The summed E-state index contributed by atoms with van der Waals surface area (Å²) in [6.45, 7) is 6.67. The first-order chi connectivity index (χ1) is 11.7. The van der Waals surface area contributed by atoms with Gasteiger partial charge in [0.1, 0.15) is 12.4 Å². The Balaban J connectivity index is 1.60. The van der Waals surface area contributed by atoms with Gasteiger partial charge in [0, 0.05) is 24.8 Å². The lowest BCUT2D eigenvalue weighted by Gasteiger charge is -2.20. The summed E-state index contributed by atoms with van der Waals surface area (Å²) in [5.74, 6) is 0.956. The van der Waals surface area contributed by atoms with Gasteiger partial charge in [0.2, 0.25) is 0 Å². The predicted octanol–water partition coefficient (Wildman–Crippen LogP) is 4.40. The molecule has 2 aromatic rings. The lowest BCUT2D eigenvalue weighted by atomic mass is 10.1. The highest BCUT2D eigenvalue weighted by atomic mass is 16.5. The molecular weight excluding hydrogens is 298 g/mol. The molecular formula is C21H27NO2. The molecule has 0 saturated carbocycles. The van der Waals surface area contributed by atoms with Crippen LogP contribution in [-0.2, 0) is 11.3 Å². The van der Waals surface area contributed by atoms with Crippen LogP contribution in [-0.4, -0.2) is 19.3 Å². The molecule has 128 valence electrons. The van der Waals surface area contributed by atoms with E-state index >= 15 is 0 Å². The third-order valence-electron chi connectivity index (χ3n) is 4.53. The number of para-hydroxylation sites is 1. The first kappa shape index (κ1) is 17.0. The number of hydrogen-bond acceptors (Lipinski definition) is 3. The summed E-state index contributed by atoms with van der Waals surface area (Å²) in [7, 11) is 0. The highest BCUT2D eigenvalue weighted by Crippen LogP contribution is 2.26. The lowest BCUT2D eigenvalue weighted by molar-refractivity contribution is 0.0674. The van der Waals surface area contributed by atoms with Crippen molar-refractivity contribution < 1.29 is 9.47 Å². The standard InChI is InChI=1S/C21H27NO2/c1-16-7-5-8-18(13-16)14-22-17(2)20-10-3-4-11-21(20)24-15-19-9-6-12-23-19/h3-5,7-8,10-11,13,17,19,22H,6,9,12,14-15H2,1-2H3. The molecule has 0 radical (unpaired) electrons. The third kappa shape index (κ3) is 4.59. The molecule has 1 fully saturated rings. The molecule has 3 heteroatoms. The summed E-state index contributed by atoms with van der Waals surface area (Å²) in [5.41, 5.74) is 3.80. The molecule has 2 atom stereocenters. The summed E-state index contributed by atoms with van der Waals surface area (Å²) >= 11 is 0. The van der Waals surface area contributed by atoms with Crippen LogP contribution >= 0.6 is 0 Å². The van der Waals surface area contributed by atoms with Gasteiger partial charge >= 0.3 is 0 Å². The summed E-state index contributed by atoms with van der Waals surface area (Å²) < 4.78 is 11.7. The predicted molar refractivity (Wildman–Crippen MR) is 97.3 cm³/mol. The molecule has 24 heavy (non-hydrogen) atoms. The molecule has 2 aromatic carbocycles. The van der Waals surface area contributed by atoms with E-state index in [0.717, 1.165) is 31.7 Å². The van der Waals surface area contributed by atoms with Gasteiger partial charge in [-0.15, -0.1) is 0 Å². The Hall–Kier alpha value is -1.84. The van der Waals surface area contributed by atoms with Crippen LogP contribution in [0.25, 0.3) is 0 Å². The van der Waals surface area contributed by atoms with Crippen molar-refractivity contribution in [3.63, 3.8) is 0 Å². The van der Waals surface area contributed by atoms with Crippen molar-refractivity contribution in [1.82, 2.24) is 5.32 Å². The molecule has 1 heterocycles. The Bertz CT molecular complexity index is 650. The highest BCUT2D eigenvalue weighted by Gasteiger charge is 2.17. The highest BCUT2D eigenvalue weighted by molar-refractivity contribution is 5.35. The Morgan fingerprint density at radius 2 is 2.08 bits per heavy atom. The smallest absolute Gasteiger partial charge is 0.124 e. The van der Waals surface area contributed by atoms with E-state index in [9.17, 15) is 0 Å². The van der Waals surface area contributed by atoms with Crippen molar-refractivity contribution in [1.29, 1.82) is 0 Å². The molecule has 1 aliphatic rings. The number of hydrogen-bond donors (Lipinski definition) is 1. The molecule has 0 aliphatic carbocycles. The summed E-state index contributed by atoms with van der Waals surface area (Å²) in [6.07, 6.45) is 2.49. The van der Waals surface area contributed by atoms with Crippen molar-refractivity contribution in [2.45, 2.75) is 45.4 Å². The van der Waals surface area contributed by atoms with E-state index in [1.807, 2.05) is 6.07 Å². The molecule has 3 rings (SSSR count). The molecule has 1 aliphatic heterocycles. The van der Waals surface area contributed by atoms with Crippen molar-refractivity contribution in [2.24, 2.45) is 0 Å². The van der Waals surface area contributed by atoms with E-state index in [0.29, 0.717) is 6.61 Å². The zero-order chi connectivity index (χ0) is 16.8. The maximum Gasteiger partial charge on any atom is 0.124 e. The quantitative estimate of drug-likeness (QED) is 0.818. The fourth-order valence-corrected chi connectivity index (χ4v) is 3.13. The average Bonchev–Trinajstić information content (AvgIpc) is 3.12. The number of benzene rings is 2. The van der Waals surface area contributed by atoms with Crippen molar-refractivity contribution in [3.8, 4) is 5.75 Å². The van der Waals surface area contributed by atoms with E-state index in [-0.39, 0.29) is 12.1 Å². The monoisotopic (exact) mass is 325 g/mol. The van der Waals surface area contributed by atoms with Crippen LogP contribution in [0.2, 0.25) is 0 Å². The zero-order valence-corrected chi connectivity index (χ0v) is 14.6. The van der Waals surface area contributed by atoms with E-state index in [1.54, 1.807) is 0 Å². The van der Waals surface area contributed by atoms with Gasteiger partial charge in [0.05, 0.1) is 6.10 Å². The molecule has 2 unspecified atom stereocenters. The van der Waals surface area contributed by atoms with Crippen molar-refractivity contribution >= 4 is 0 Å². The van der Waals surface area contributed by atoms with Crippen LogP contribution in [0, 0.1) is 6.92 Å². The molecule has 0 bridgehead atoms. The van der Waals surface area contributed by atoms with Crippen molar-refractivity contribution in [3.05, 3.63) is 65.2 Å².